The molecule has 0 spiro atoms. The Hall–Kier alpha value is -0.300. The van der Waals surface area contributed by atoms with Gasteiger partial charge < -0.3 is 20.1 Å². The molecule has 6 heteroatoms. The van der Waals surface area contributed by atoms with E-state index in [1.807, 2.05) is 0 Å². The number of hydrogen-bond acceptors (Lipinski definition) is 4. The molecule has 4 nitrogen and oxygen atoms in total. The molecule has 1 aliphatic rings. The second-order valence-corrected chi connectivity index (χ2v) is 2.65. The van der Waals surface area contributed by atoms with Crippen molar-refractivity contribution in [2.45, 2.75) is 30.8 Å². The summed E-state index contributed by atoms with van der Waals surface area (Å²) in [5.74, 6) is 0. The van der Waals surface area contributed by atoms with Gasteiger partial charge in [-0.3, -0.25) is 0 Å². The van der Waals surface area contributed by atoms with E-state index in [1.54, 1.807) is 0 Å². The number of aliphatic hydroxyl groups excluding tert-OH is 3. The predicted octanol–water partition coefficient (Wildman–Crippen LogP) is -1.27. The van der Waals surface area contributed by atoms with Gasteiger partial charge in [-0.1, -0.05) is 0 Å². The van der Waals surface area contributed by atoms with E-state index in [4.69, 9.17) is 15.3 Å². The maximum Gasteiger partial charge on any atom is 0.184 e. The lowest BCUT2D eigenvalue weighted by Gasteiger charge is -2.35. The highest BCUT2D eigenvalue weighted by Gasteiger charge is 2.44. The first kappa shape index (κ1) is 9.79. The summed E-state index contributed by atoms with van der Waals surface area (Å²) in [5, 5.41) is 26.5. The first-order chi connectivity index (χ1) is 5.57. The maximum absolute atomic E-state index is 12.8. The lowest BCUT2D eigenvalue weighted by molar-refractivity contribution is -0.271. The number of alkyl halides is 2. The van der Waals surface area contributed by atoms with Crippen molar-refractivity contribution in [1.29, 1.82) is 0 Å². The van der Waals surface area contributed by atoms with Gasteiger partial charge in [0.15, 0.2) is 12.5 Å². The molecular formula is C6H10F2O4. The Bertz CT molecular complexity index is 152. The Morgan fingerprint density at radius 1 is 1.17 bits per heavy atom. The van der Waals surface area contributed by atoms with Gasteiger partial charge in [0.05, 0.1) is 0 Å². The standard InChI is InChI=1S/C6H10F2O4/c7-1-2-3(8)4(9)5(10)6(11)12-2/h2-6,9-11H,1H2. The molecule has 1 rings (SSSR count). The van der Waals surface area contributed by atoms with Gasteiger partial charge in [0.25, 0.3) is 0 Å². The van der Waals surface area contributed by atoms with Gasteiger partial charge >= 0.3 is 0 Å². The minimum absolute atomic E-state index is 1.15. The van der Waals surface area contributed by atoms with E-state index >= 15 is 0 Å². The maximum atomic E-state index is 12.8. The molecule has 0 aromatic heterocycles. The number of ether oxygens (including phenoxy) is 1. The molecule has 12 heavy (non-hydrogen) atoms. The van der Waals surface area contributed by atoms with Crippen LogP contribution in [0.2, 0.25) is 0 Å². The monoisotopic (exact) mass is 184 g/mol. The van der Waals surface area contributed by atoms with E-state index in [2.05, 4.69) is 4.74 Å². The quantitative estimate of drug-likeness (QED) is 0.475. The Labute approximate surface area is 67.4 Å². The molecule has 1 aliphatic heterocycles. The summed E-state index contributed by atoms with van der Waals surface area (Å²) >= 11 is 0. The van der Waals surface area contributed by atoms with Gasteiger partial charge in [0, 0.05) is 0 Å². The molecule has 0 aromatic rings. The van der Waals surface area contributed by atoms with Crippen molar-refractivity contribution in [2.75, 3.05) is 6.67 Å². The van der Waals surface area contributed by atoms with Gasteiger partial charge in [-0.15, -0.1) is 0 Å². The van der Waals surface area contributed by atoms with Gasteiger partial charge in [-0.05, 0) is 0 Å². The summed E-state index contributed by atoms with van der Waals surface area (Å²) < 4.78 is 29.0. The fraction of sp³-hybridized carbons (Fsp3) is 1.00. The Morgan fingerprint density at radius 2 is 1.75 bits per heavy atom. The summed E-state index contributed by atoms with van der Waals surface area (Å²) in [6, 6.07) is 0. The third-order valence-corrected chi connectivity index (χ3v) is 1.79. The van der Waals surface area contributed by atoms with Gasteiger partial charge in [0.1, 0.15) is 25.0 Å². The van der Waals surface area contributed by atoms with Crippen LogP contribution in [0.15, 0.2) is 0 Å². The van der Waals surface area contributed by atoms with Gasteiger partial charge in [-0.25, -0.2) is 8.78 Å². The largest absolute Gasteiger partial charge is 0.387 e. The third kappa shape index (κ3) is 1.56. The lowest BCUT2D eigenvalue weighted by Crippen LogP contribution is -2.56. The first-order valence-corrected chi connectivity index (χ1v) is 3.47. The van der Waals surface area contributed by atoms with E-state index in [1.165, 1.54) is 0 Å². The average molecular weight is 184 g/mol. The van der Waals surface area contributed by atoms with Crippen molar-refractivity contribution in [2.24, 2.45) is 0 Å². The van der Waals surface area contributed by atoms with Crippen molar-refractivity contribution in [3.8, 4) is 0 Å². The zero-order valence-electron chi connectivity index (χ0n) is 6.10. The van der Waals surface area contributed by atoms with E-state index in [9.17, 15) is 8.78 Å². The summed E-state index contributed by atoms with van der Waals surface area (Å²) in [5.41, 5.74) is 0. The first-order valence-electron chi connectivity index (χ1n) is 3.47. The van der Waals surface area contributed by atoms with Gasteiger partial charge in [-0.2, -0.15) is 0 Å². The molecule has 0 saturated carbocycles. The second-order valence-electron chi connectivity index (χ2n) is 2.65. The van der Waals surface area contributed by atoms with E-state index in [-0.39, 0.29) is 0 Å². The van der Waals surface area contributed by atoms with Crippen molar-refractivity contribution >= 4 is 0 Å². The summed E-state index contributed by atoms with van der Waals surface area (Å²) in [6.45, 7) is -1.15. The van der Waals surface area contributed by atoms with E-state index < -0.39 is 37.4 Å². The molecule has 1 heterocycles. The smallest absolute Gasteiger partial charge is 0.184 e. The number of rotatable bonds is 1. The molecule has 5 atom stereocenters. The fourth-order valence-electron chi connectivity index (χ4n) is 1.03. The van der Waals surface area contributed by atoms with Crippen LogP contribution >= 0.6 is 0 Å². The van der Waals surface area contributed by atoms with Gasteiger partial charge in [0.2, 0.25) is 0 Å². The number of aliphatic hydroxyl groups is 3. The number of hydrogen-bond donors (Lipinski definition) is 3. The molecule has 0 amide bonds. The fourth-order valence-corrected chi connectivity index (χ4v) is 1.03. The Balaban J connectivity index is 2.63. The van der Waals surface area contributed by atoms with Crippen molar-refractivity contribution in [1.82, 2.24) is 0 Å². The van der Waals surface area contributed by atoms with Crippen molar-refractivity contribution < 1.29 is 28.8 Å². The normalized spacial score (nSPS) is 49.2. The van der Waals surface area contributed by atoms with Crippen LogP contribution < -0.4 is 0 Å². The summed E-state index contributed by atoms with van der Waals surface area (Å²) in [6.07, 6.45) is -8.75. The highest BCUT2D eigenvalue weighted by molar-refractivity contribution is 4.88. The van der Waals surface area contributed by atoms with Crippen molar-refractivity contribution in [3.63, 3.8) is 0 Å². The SMILES string of the molecule is OC1OC(CF)C(F)C(O)C1O. The van der Waals surface area contributed by atoms with Crippen LogP contribution in [-0.4, -0.2) is 52.8 Å². The van der Waals surface area contributed by atoms with Crippen LogP contribution in [-0.2, 0) is 4.74 Å². The zero-order valence-corrected chi connectivity index (χ0v) is 6.10. The van der Waals surface area contributed by atoms with Crippen LogP contribution in [0.4, 0.5) is 8.78 Å². The van der Waals surface area contributed by atoms with Crippen LogP contribution in [0.1, 0.15) is 0 Å². The molecule has 0 radical (unpaired) electrons. The average Bonchev–Trinajstić information content (AvgIpc) is 2.08. The van der Waals surface area contributed by atoms with E-state index in [0.717, 1.165) is 0 Å². The molecule has 5 unspecified atom stereocenters. The highest BCUT2D eigenvalue weighted by Crippen LogP contribution is 2.22. The van der Waals surface area contributed by atoms with E-state index in [0.29, 0.717) is 0 Å². The molecule has 0 aromatic carbocycles. The second kappa shape index (κ2) is 3.61. The Morgan fingerprint density at radius 3 is 2.25 bits per heavy atom. The predicted molar refractivity (Wildman–Crippen MR) is 33.8 cm³/mol. The summed E-state index contributed by atoms with van der Waals surface area (Å²) in [7, 11) is 0. The zero-order chi connectivity index (χ0) is 9.30. The van der Waals surface area contributed by atoms with Crippen molar-refractivity contribution in [3.05, 3.63) is 0 Å². The molecule has 3 N–H and O–H groups in total. The lowest BCUT2D eigenvalue weighted by atomic mass is 10.0. The molecule has 0 bridgehead atoms. The van der Waals surface area contributed by atoms with Crippen LogP contribution in [0.5, 0.6) is 0 Å². The Kier molecular flexibility index (Phi) is 2.94. The molecule has 72 valence electrons. The molecule has 0 aliphatic carbocycles. The molecule has 1 saturated heterocycles. The minimum Gasteiger partial charge on any atom is -0.387 e. The number of halogens is 2. The highest BCUT2D eigenvalue weighted by atomic mass is 19.1. The third-order valence-electron chi connectivity index (χ3n) is 1.79. The molecule has 1 fully saturated rings. The van der Waals surface area contributed by atoms with Crippen LogP contribution in [0.3, 0.4) is 0 Å². The minimum atomic E-state index is -2.01. The molecular weight excluding hydrogens is 174 g/mol. The van der Waals surface area contributed by atoms with Crippen LogP contribution in [0, 0.1) is 0 Å². The topological polar surface area (TPSA) is 69.9 Å². The summed E-state index contributed by atoms with van der Waals surface area (Å²) in [4.78, 5) is 0. The van der Waals surface area contributed by atoms with Crippen LogP contribution in [0.25, 0.3) is 0 Å².